The third-order valence-corrected chi connectivity index (χ3v) is 13.1. The van der Waals surface area contributed by atoms with E-state index >= 15 is 0 Å². The van der Waals surface area contributed by atoms with Crippen LogP contribution in [-0.4, -0.2) is 89.7 Å². The lowest BCUT2D eigenvalue weighted by molar-refractivity contribution is -0.257. The molecule has 0 radical (unpaired) electrons. The van der Waals surface area contributed by atoms with Gasteiger partial charge in [0.05, 0.1) is 36.9 Å². The monoisotopic (exact) mass is 617 g/mol. The Bertz CT molecular complexity index is 1550. The first-order valence-corrected chi connectivity index (χ1v) is 16.7. The molecule has 1 unspecified atom stereocenters. The first-order valence-electron chi connectivity index (χ1n) is 16.7. The van der Waals surface area contributed by atoms with Crippen LogP contribution in [0.2, 0.25) is 0 Å². The van der Waals surface area contributed by atoms with Gasteiger partial charge in [-0.25, -0.2) is 4.68 Å². The number of rotatable bonds is 2. The highest BCUT2D eigenvalue weighted by Crippen LogP contribution is 2.71. The Morgan fingerprint density at radius 1 is 1.07 bits per heavy atom. The Labute approximate surface area is 263 Å². The van der Waals surface area contributed by atoms with Crippen molar-refractivity contribution in [2.75, 3.05) is 46.5 Å². The van der Waals surface area contributed by atoms with Gasteiger partial charge in [0.25, 0.3) is 5.91 Å². The van der Waals surface area contributed by atoms with Crippen LogP contribution in [0.3, 0.4) is 0 Å². The molecular weight excluding hydrogens is 574 g/mol. The fraction of sp³-hybridized carbons (Fsp3) is 0.657. The van der Waals surface area contributed by atoms with Crippen molar-refractivity contribution in [2.45, 2.75) is 69.9 Å². The molecule has 10 nitrogen and oxygen atoms in total. The lowest BCUT2D eigenvalue weighted by atomic mass is 9.45. The van der Waals surface area contributed by atoms with Crippen molar-refractivity contribution in [1.29, 1.82) is 0 Å². The van der Waals surface area contributed by atoms with E-state index < -0.39 is 17.5 Å². The molecule has 1 N–H and O–H groups in total. The van der Waals surface area contributed by atoms with Crippen LogP contribution in [0, 0.1) is 28.6 Å². The summed E-state index contributed by atoms with van der Waals surface area (Å²) in [4.78, 5) is 15.1. The first-order chi connectivity index (χ1) is 21.8. The van der Waals surface area contributed by atoms with E-state index in [9.17, 15) is 9.90 Å². The molecule has 3 saturated heterocycles. The second kappa shape index (κ2) is 9.95. The second-order valence-electron chi connectivity index (χ2n) is 14.8. The highest BCUT2D eigenvalue weighted by atomic mass is 16.9. The normalized spacial score (nSPS) is 41.9. The summed E-state index contributed by atoms with van der Waals surface area (Å²) in [5.74, 6) is 0.0809. The Morgan fingerprint density at radius 2 is 1.91 bits per heavy atom. The van der Waals surface area contributed by atoms with E-state index in [1.54, 1.807) is 0 Å². The van der Waals surface area contributed by atoms with Gasteiger partial charge >= 0.3 is 0 Å². The number of fused-ring (bicyclic) bond motifs is 8. The van der Waals surface area contributed by atoms with Crippen molar-refractivity contribution < 1.29 is 33.6 Å². The van der Waals surface area contributed by atoms with E-state index in [1.807, 2.05) is 40.0 Å². The van der Waals surface area contributed by atoms with Crippen LogP contribution in [0.25, 0.3) is 11.8 Å². The SMILES string of the molecule is C[C@@]12Cc3cnn(-c4cccc(C(=O)N5CCOCC5)c4)c3C=C1CC[C@H]1[C@H]2[C@H](O)C[C@]2(C)[C@@H]1CC[C@]21OCOC12COCO2. The molecule has 4 aliphatic carbocycles. The van der Waals surface area contributed by atoms with E-state index in [0.29, 0.717) is 56.7 Å². The van der Waals surface area contributed by atoms with E-state index in [4.69, 9.17) is 28.8 Å². The van der Waals surface area contributed by atoms with Crippen LogP contribution < -0.4 is 0 Å². The van der Waals surface area contributed by atoms with Gasteiger partial charge in [-0.3, -0.25) is 4.79 Å². The third kappa shape index (κ3) is 3.78. The molecule has 240 valence electrons. The van der Waals surface area contributed by atoms with Crippen LogP contribution >= 0.6 is 0 Å². The second-order valence-corrected chi connectivity index (χ2v) is 14.8. The zero-order valence-corrected chi connectivity index (χ0v) is 26.2. The van der Waals surface area contributed by atoms with Gasteiger partial charge in [-0.05, 0) is 91.5 Å². The number of allylic oxidation sites excluding steroid dienone is 1. The molecule has 1 aromatic heterocycles. The maximum atomic E-state index is 13.2. The Kier molecular flexibility index (Phi) is 6.33. The number of morpholine rings is 1. The predicted molar refractivity (Wildman–Crippen MR) is 162 cm³/mol. The molecule has 1 amide bonds. The third-order valence-electron chi connectivity index (χ3n) is 13.1. The molecule has 2 spiro atoms. The molecule has 3 aliphatic heterocycles. The summed E-state index contributed by atoms with van der Waals surface area (Å²) >= 11 is 0. The van der Waals surface area contributed by atoms with Crippen molar-refractivity contribution >= 4 is 12.0 Å². The standard InChI is InChI=1S/C35H43N3O7/c1-32-16-23-18-36-38(25-5-3-4-22(14-25)31(40)37-10-12-41-13-11-37)28(23)15-24(32)6-7-26-27-8-9-34(33(27,2)17-29(39)30(26)32)35(45-21-43-34)19-42-20-44-35/h3-5,14-15,18,26-27,29-30,39H,6-13,16-17,19-21H2,1-2H3/t26-,27-,29-,30+,32-,33-,34+,35?/m1/s1. The summed E-state index contributed by atoms with van der Waals surface area (Å²) in [6.07, 6.45) is 9.28. The molecule has 9 rings (SSSR count). The van der Waals surface area contributed by atoms with Crippen LogP contribution in [0.4, 0.5) is 0 Å². The number of hydrogen-bond acceptors (Lipinski definition) is 8. The summed E-state index contributed by atoms with van der Waals surface area (Å²) in [7, 11) is 0. The van der Waals surface area contributed by atoms with Crippen molar-refractivity contribution in [3.8, 4) is 5.69 Å². The van der Waals surface area contributed by atoms with Gasteiger partial charge in [0.15, 0.2) is 13.6 Å². The summed E-state index contributed by atoms with van der Waals surface area (Å²) < 4.78 is 32.0. The molecule has 4 heterocycles. The number of hydrogen-bond donors (Lipinski definition) is 1. The van der Waals surface area contributed by atoms with Gasteiger partial charge in [-0.2, -0.15) is 5.10 Å². The topological polar surface area (TPSA) is 105 Å². The smallest absolute Gasteiger partial charge is 0.254 e. The molecule has 1 aromatic carbocycles. The van der Waals surface area contributed by atoms with Crippen LogP contribution in [0.5, 0.6) is 0 Å². The Balaban J connectivity index is 1.02. The lowest BCUT2D eigenvalue weighted by Crippen LogP contribution is -2.66. The molecule has 10 heteroatoms. The summed E-state index contributed by atoms with van der Waals surface area (Å²) in [5.41, 5.74) is 4.20. The van der Waals surface area contributed by atoms with Crippen LogP contribution in [0.1, 0.15) is 67.6 Å². The zero-order chi connectivity index (χ0) is 30.6. The molecule has 2 aromatic rings. The molecule has 7 aliphatic rings. The fourth-order valence-electron chi connectivity index (χ4n) is 11.1. The highest BCUT2D eigenvalue weighted by molar-refractivity contribution is 5.94. The van der Waals surface area contributed by atoms with Crippen molar-refractivity contribution in [3.05, 3.63) is 52.9 Å². The highest BCUT2D eigenvalue weighted by Gasteiger charge is 2.76. The Hall–Kier alpha value is -2.60. The van der Waals surface area contributed by atoms with Gasteiger partial charge in [0, 0.05) is 24.1 Å². The minimum absolute atomic E-state index is 0.0323. The average molecular weight is 618 g/mol. The van der Waals surface area contributed by atoms with E-state index in [2.05, 4.69) is 19.9 Å². The summed E-state index contributed by atoms with van der Waals surface area (Å²) in [6.45, 7) is 7.88. The van der Waals surface area contributed by atoms with Crippen LogP contribution in [0.15, 0.2) is 36.0 Å². The molecule has 6 fully saturated rings. The number of benzene rings is 1. The van der Waals surface area contributed by atoms with Gasteiger partial charge in [0.1, 0.15) is 12.2 Å². The number of nitrogens with zero attached hydrogens (tertiary/aromatic N) is 3. The number of aromatic nitrogens is 2. The van der Waals surface area contributed by atoms with Gasteiger partial charge < -0.3 is 33.7 Å². The van der Waals surface area contributed by atoms with Crippen molar-refractivity contribution in [3.63, 3.8) is 0 Å². The van der Waals surface area contributed by atoms with Crippen LogP contribution in [-0.2, 0) is 30.1 Å². The van der Waals surface area contributed by atoms with E-state index in [-0.39, 0.29) is 36.2 Å². The number of amides is 1. The number of ether oxygens (including phenoxy) is 5. The number of aliphatic hydroxyl groups excluding tert-OH is 1. The number of aliphatic hydroxyl groups is 1. The lowest BCUT2D eigenvalue weighted by Gasteiger charge is -2.61. The minimum Gasteiger partial charge on any atom is -0.393 e. The average Bonchev–Trinajstić information content (AvgIpc) is 3.83. The molecule has 0 bridgehead atoms. The van der Waals surface area contributed by atoms with Gasteiger partial charge in [0.2, 0.25) is 5.79 Å². The zero-order valence-electron chi connectivity index (χ0n) is 26.2. The van der Waals surface area contributed by atoms with Gasteiger partial charge in [-0.1, -0.05) is 25.5 Å². The van der Waals surface area contributed by atoms with Gasteiger partial charge in [-0.15, -0.1) is 0 Å². The maximum Gasteiger partial charge on any atom is 0.254 e. The fourth-order valence-corrected chi connectivity index (χ4v) is 11.1. The maximum absolute atomic E-state index is 13.2. The molecule has 8 atom stereocenters. The first kappa shape index (κ1) is 28.6. The van der Waals surface area contributed by atoms with E-state index in [1.165, 1.54) is 11.1 Å². The molecular formula is C35H43N3O7. The quantitative estimate of drug-likeness (QED) is 0.541. The Morgan fingerprint density at radius 3 is 2.73 bits per heavy atom. The number of carbonyl (C=O) groups excluding carboxylic acids is 1. The summed E-state index contributed by atoms with van der Waals surface area (Å²) in [6, 6.07) is 7.81. The molecule has 45 heavy (non-hydrogen) atoms. The largest absolute Gasteiger partial charge is 0.393 e. The van der Waals surface area contributed by atoms with Crippen molar-refractivity contribution in [2.24, 2.45) is 28.6 Å². The van der Waals surface area contributed by atoms with Crippen molar-refractivity contribution in [1.82, 2.24) is 14.7 Å². The van der Waals surface area contributed by atoms with E-state index in [0.717, 1.165) is 43.5 Å². The number of carbonyl (C=O) groups is 1. The summed E-state index contributed by atoms with van der Waals surface area (Å²) in [5, 5.41) is 17.0. The predicted octanol–water partition coefficient (Wildman–Crippen LogP) is 3.94. The molecule has 3 saturated carbocycles. The minimum atomic E-state index is -0.884.